The van der Waals surface area contributed by atoms with Gasteiger partial charge in [-0.1, -0.05) is 12.1 Å². The molecule has 1 aromatic carbocycles. The normalized spacial score (nSPS) is 20.7. The lowest BCUT2D eigenvalue weighted by atomic mass is 9.93. The number of aromatic nitrogens is 1. The van der Waals surface area contributed by atoms with Crippen molar-refractivity contribution in [3.05, 3.63) is 54.0 Å². The Hall–Kier alpha value is -3.08. The van der Waals surface area contributed by atoms with Gasteiger partial charge in [0.1, 0.15) is 17.4 Å². The van der Waals surface area contributed by atoms with Crippen molar-refractivity contribution < 1.29 is 32.2 Å². The second-order valence-electron chi connectivity index (χ2n) is 8.63. The summed E-state index contributed by atoms with van der Waals surface area (Å²) in [6.45, 7) is 0.981. The lowest BCUT2D eigenvalue weighted by molar-refractivity contribution is -0.274. The highest BCUT2D eigenvalue weighted by Gasteiger charge is 2.41. The average Bonchev–Trinajstić information content (AvgIpc) is 3.63. The van der Waals surface area contributed by atoms with Crippen LogP contribution < -0.4 is 15.0 Å². The van der Waals surface area contributed by atoms with Crippen LogP contribution in [0.1, 0.15) is 24.8 Å². The molecule has 2 amide bonds. The Morgan fingerprint density at radius 3 is 2.62 bits per heavy atom. The summed E-state index contributed by atoms with van der Waals surface area (Å²) in [6, 6.07) is 7.90. The molecule has 184 valence electrons. The maximum atomic E-state index is 14.3. The first kappa shape index (κ1) is 24.1. The number of pyridine rings is 1. The van der Waals surface area contributed by atoms with Crippen molar-refractivity contribution in [2.45, 2.75) is 44.3 Å². The summed E-state index contributed by atoms with van der Waals surface area (Å²) in [5.41, 5.74) is 0.0469. The molecule has 1 unspecified atom stereocenters. The molecule has 1 aromatic heterocycles. The molecule has 0 radical (unpaired) electrons. The molecule has 7 nitrogen and oxygen atoms in total. The van der Waals surface area contributed by atoms with Crippen molar-refractivity contribution in [3.8, 4) is 5.75 Å². The maximum absolute atomic E-state index is 14.3. The van der Waals surface area contributed by atoms with Gasteiger partial charge >= 0.3 is 12.4 Å². The molecule has 0 spiro atoms. The predicted octanol–water partition coefficient (Wildman–Crippen LogP) is 3.68. The van der Waals surface area contributed by atoms with Crippen molar-refractivity contribution in [1.82, 2.24) is 15.2 Å². The molecule has 2 aliphatic rings. The molecule has 1 saturated carbocycles. The smallest absolute Gasteiger partial charge is 0.406 e. The van der Waals surface area contributed by atoms with Crippen molar-refractivity contribution in [3.63, 3.8) is 0 Å². The average molecular weight is 482 g/mol. The number of nitrogens with zero attached hydrogens (tertiary/aromatic N) is 3. The number of amides is 2. The molecule has 1 saturated heterocycles. The minimum atomic E-state index is -4.91. The van der Waals surface area contributed by atoms with Gasteiger partial charge in [0.2, 0.25) is 0 Å². The topological polar surface area (TPSA) is 77.9 Å². The van der Waals surface area contributed by atoms with E-state index in [1.165, 1.54) is 0 Å². The third-order valence-electron chi connectivity index (χ3n) is 6.00. The number of carbonyl (C=O) groups excluding carboxylic acids is 1. The molecule has 11 heteroatoms. The van der Waals surface area contributed by atoms with Crippen LogP contribution in [0.25, 0.3) is 0 Å². The highest BCUT2D eigenvalue weighted by Crippen LogP contribution is 2.34. The van der Waals surface area contributed by atoms with Gasteiger partial charge in [0.15, 0.2) is 0 Å². The number of nitrogens with one attached hydrogen (secondary N) is 1. The summed E-state index contributed by atoms with van der Waals surface area (Å²) in [7, 11) is 0. The van der Waals surface area contributed by atoms with Crippen LogP contribution in [0.2, 0.25) is 0 Å². The summed E-state index contributed by atoms with van der Waals surface area (Å²) >= 11 is 0. The van der Waals surface area contributed by atoms with Crippen molar-refractivity contribution >= 4 is 11.8 Å². The molecule has 4 rings (SSSR count). The van der Waals surface area contributed by atoms with Crippen LogP contribution in [-0.2, 0) is 6.54 Å². The largest absolute Gasteiger partial charge is 0.573 e. The Kier molecular flexibility index (Phi) is 7.11. The summed E-state index contributed by atoms with van der Waals surface area (Å²) in [5, 5.41) is 12.5. The van der Waals surface area contributed by atoms with Gasteiger partial charge in [-0.3, -0.25) is 0 Å². The van der Waals surface area contributed by atoms with Gasteiger partial charge in [0.05, 0.1) is 6.04 Å². The number of urea groups is 1. The third-order valence-corrected chi connectivity index (χ3v) is 6.00. The fourth-order valence-electron chi connectivity index (χ4n) is 4.35. The zero-order valence-corrected chi connectivity index (χ0v) is 18.3. The zero-order valence-electron chi connectivity index (χ0n) is 18.3. The number of benzene rings is 1. The van der Waals surface area contributed by atoms with Gasteiger partial charge in [0, 0.05) is 56.0 Å². The molecule has 1 aliphatic heterocycles. The second-order valence-corrected chi connectivity index (χ2v) is 8.63. The fourth-order valence-corrected chi connectivity index (χ4v) is 4.35. The van der Waals surface area contributed by atoms with Crippen LogP contribution in [0, 0.1) is 11.7 Å². The van der Waals surface area contributed by atoms with E-state index in [-0.39, 0.29) is 42.7 Å². The summed E-state index contributed by atoms with van der Waals surface area (Å²) in [6.07, 6.45) is -0.883. The summed E-state index contributed by atoms with van der Waals surface area (Å²) in [4.78, 5) is 21.3. The van der Waals surface area contributed by atoms with Gasteiger partial charge in [-0.15, -0.1) is 13.2 Å². The highest BCUT2D eigenvalue weighted by atomic mass is 19.4. The quantitative estimate of drug-likeness (QED) is 0.589. The first-order valence-electron chi connectivity index (χ1n) is 11.1. The summed E-state index contributed by atoms with van der Waals surface area (Å²) < 4.78 is 55.0. The Morgan fingerprint density at radius 1 is 1.21 bits per heavy atom. The molecule has 34 heavy (non-hydrogen) atoms. The van der Waals surface area contributed by atoms with Crippen molar-refractivity contribution in [2.24, 2.45) is 5.92 Å². The van der Waals surface area contributed by atoms with Crippen LogP contribution in [0.5, 0.6) is 5.75 Å². The molecule has 0 bridgehead atoms. The Labute approximate surface area is 194 Å². The molecule has 2 atom stereocenters. The molecule has 2 heterocycles. The number of rotatable bonds is 7. The number of anilines is 1. The Balaban J connectivity index is 1.43. The van der Waals surface area contributed by atoms with Crippen molar-refractivity contribution in [1.29, 1.82) is 0 Å². The van der Waals surface area contributed by atoms with Crippen LogP contribution in [0.3, 0.4) is 0 Å². The number of aliphatic hydroxyl groups is 1. The number of ether oxygens (including phenoxy) is 1. The SMILES string of the molecule is O=C(NCc1ccc(OC(F)(F)F)cc1F)N(C1CC1)C1C[C@H](CO)CN(c2ccccn2)C1. The van der Waals surface area contributed by atoms with Gasteiger partial charge < -0.3 is 25.0 Å². The number of aliphatic hydroxyl groups excluding tert-OH is 1. The first-order valence-corrected chi connectivity index (χ1v) is 11.1. The fraction of sp³-hybridized carbons (Fsp3) is 0.478. The van der Waals surface area contributed by atoms with E-state index in [1.54, 1.807) is 11.1 Å². The summed E-state index contributed by atoms with van der Waals surface area (Å²) in [5.74, 6) is -0.829. The molecule has 2 fully saturated rings. The van der Waals surface area contributed by atoms with Gasteiger partial charge in [-0.2, -0.15) is 0 Å². The third kappa shape index (κ3) is 6.07. The minimum Gasteiger partial charge on any atom is -0.406 e. The zero-order chi connectivity index (χ0) is 24.3. The van der Waals surface area contributed by atoms with E-state index in [2.05, 4.69) is 19.9 Å². The van der Waals surface area contributed by atoms with E-state index in [0.717, 1.165) is 30.8 Å². The molecule has 2 N–H and O–H groups in total. The van der Waals surface area contributed by atoms with E-state index in [0.29, 0.717) is 25.6 Å². The minimum absolute atomic E-state index is 0.0164. The number of halogens is 4. The lowest BCUT2D eigenvalue weighted by Gasteiger charge is -2.43. The second kappa shape index (κ2) is 10.0. The van der Waals surface area contributed by atoms with Crippen LogP contribution >= 0.6 is 0 Å². The van der Waals surface area contributed by atoms with Crippen LogP contribution in [-0.4, -0.2) is 59.2 Å². The maximum Gasteiger partial charge on any atom is 0.573 e. The van der Waals surface area contributed by atoms with Gasteiger partial charge in [-0.05, 0) is 37.5 Å². The van der Waals surface area contributed by atoms with E-state index in [9.17, 15) is 27.5 Å². The van der Waals surface area contributed by atoms with Crippen LogP contribution in [0.15, 0.2) is 42.6 Å². The number of hydrogen-bond acceptors (Lipinski definition) is 5. The first-order chi connectivity index (χ1) is 16.2. The van der Waals surface area contributed by atoms with Gasteiger partial charge in [0.25, 0.3) is 0 Å². The molecular formula is C23H26F4N4O3. The number of alkyl halides is 3. The molecule has 2 aromatic rings. The monoisotopic (exact) mass is 482 g/mol. The Morgan fingerprint density at radius 2 is 2.00 bits per heavy atom. The number of hydrogen-bond donors (Lipinski definition) is 2. The van der Waals surface area contributed by atoms with E-state index >= 15 is 0 Å². The van der Waals surface area contributed by atoms with Gasteiger partial charge in [-0.25, -0.2) is 14.2 Å². The van der Waals surface area contributed by atoms with Crippen molar-refractivity contribution in [2.75, 3.05) is 24.6 Å². The van der Waals surface area contributed by atoms with E-state index in [1.807, 2.05) is 18.2 Å². The number of piperidine rings is 1. The lowest BCUT2D eigenvalue weighted by Crippen LogP contribution is -2.56. The Bertz CT molecular complexity index is 988. The standard InChI is InChI=1S/C23H26F4N4O3/c24-20-10-19(34-23(25,26)27)7-4-16(20)11-29-22(33)31(17-5-6-17)18-9-15(14-32)12-30(13-18)21-3-1-2-8-28-21/h1-4,7-8,10,15,17-18,32H,5-6,9,11-14H2,(H,29,33)/t15-,18?/m0/s1. The highest BCUT2D eigenvalue weighted by molar-refractivity contribution is 5.75. The van der Waals surface area contributed by atoms with Crippen LogP contribution in [0.4, 0.5) is 28.2 Å². The van der Waals surface area contributed by atoms with E-state index in [4.69, 9.17) is 0 Å². The predicted molar refractivity (Wildman–Crippen MR) is 116 cm³/mol. The van der Waals surface area contributed by atoms with E-state index < -0.39 is 17.9 Å². The molecular weight excluding hydrogens is 456 g/mol. The molecule has 1 aliphatic carbocycles. The number of carbonyl (C=O) groups is 1.